The van der Waals surface area contributed by atoms with Gasteiger partial charge >= 0.3 is 0 Å². The zero-order chi connectivity index (χ0) is 24.1. The number of hydrogen-bond donors (Lipinski definition) is 0. The molecular formula is C25H28ClN5O3. The van der Waals surface area contributed by atoms with Crippen LogP contribution >= 0.6 is 11.6 Å². The van der Waals surface area contributed by atoms with Crippen molar-refractivity contribution in [2.24, 2.45) is 0 Å². The first kappa shape index (κ1) is 24.1. The molecule has 0 bridgehead atoms. The number of hydrogen-bond acceptors (Lipinski definition) is 7. The lowest BCUT2D eigenvalue weighted by molar-refractivity contribution is 0.0964. The Bertz CT molecular complexity index is 1200. The number of aromatic nitrogens is 3. The van der Waals surface area contributed by atoms with Crippen LogP contribution in [0.2, 0.25) is 5.02 Å². The largest absolute Gasteiger partial charge is 0.485 e. The SMILES string of the molecule is Cc1cc(CN2CCN(C)CC2)ccc1C(=O)Cn1ncc(OCc2ccc(Cl)cn2)cc1=O. The lowest BCUT2D eigenvalue weighted by Crippen LogP contribution is -2.43. The highest BCUT2D eigenvalue weighted by atomic mass is 35.5. The number of ether oxygens (including phenoxy) is 1. The first-order valence-corrected chi connectivity index (χ1v) is 11.6. The molecule has 0 radical (unpaired) electrons. The number of pyridine rings is 1. The summed E-state index contributed by atoms with van der Waals surface area (Å²) in [5, 5.41) is 4.65. The fourth-order valence-electron chi connectivity index (χ4n) is 3.89. The maximum absolute atomic E-state index is 12.9. The molecule has 8 nitrogen and oxygen atoms in total. The second kappa shape index (κ2) is 10.9. The first-order valence-electron chi connectivity index (χ1n) is 11.2. The Morgan fingerprint density at radius 3 is 2.56 bits per heavy atom. The van der Waals surface area contributed by atoms with Crippen LogP contribution in [-0.2, 0) is 19.7 Å². The third-order valence-electron chi connectivity index (χ3n) is 5.91. The highest BCUT2D eigenvalue weighted by molar-refractivity contribution is 6.30. The van der Waals surface area contributed by atoms with E-state index in [4.69, 9.17) is 16.3 Å². The van der Waals surface area contributed by atoms with Crippen LogP contribution in [0, 0.1) is 6.92 Å². The number of nitrogens with zero attached hydrogens (tertiary/aromatic N) is 5. The van der Waals surface area contributed by atoms with Crippen LogP contribution in [0.25, 0.3) is 0 Å². The molecule has 0 aliphatic carbocycles. The van der Waals surface area contributed by atoms with Crippen molar-refractivity contribution in [1.82, 2.24) is 24.6 Å². The lowest BCUT2D eigenvalue weighted by Gasteiger charge is -2.32. The van der Waals surface area contributed by atoms with Gasteiger partial charge in [0.15, 0.2) is 5.78 Å². The predicted octanol–water partition coefficient (Wildman–Crippen LogP) is 2.81. The van der Waals surface area contributed by atoms with Gasteiger partial charge in [-0.15, -0.1) is 0 Å². The number of ketones is 1. The fourth-order valence-corrected chi connectivity index (χ4v) is 4.00. The molecule has 0 N–H and O–H groups in total. The van der Waals surface area contributed by atoms with Crippen molar-refractivity contribution in [3.8, 4) is 5.75 Å². The number of benzene rings is 1. The smallest absolute Gasteiger partial charge is 0.270 e. The number of rotatable bonds is 8. The van der Waals surface area contributed by atoms with Crippen molar-refractivity contribution in [2.45, 2.75) is 26.6 Å². The summed E-state index contributed by atoms with van der Waals surface area (Å²) in [4.78, 5) is 34.3. The summed E-state index contributed by atoms with van der Waals surface area (Å²) in [5.41, 5.74) is 2.96. The standard InChI is InChI=1S/C25H28ClN5O3/c1-18-11-19(15-30-9-7-29(2)8-10-30)3-6-23(18)24(32)16-31-25(33)12-22(14-28-31)34-17-21-5-4-20(26)13-27-21/h3-6,11-14H,7-10,15-17H2,1-2H3. The Morgan fingerprint density at radius 2 is 1.88 bits per heavy atom. The highest BCUT2D eigenvalue weighted by Gasteiger charge is 2.16. The number of carbonyl (C=O) groups excluding carboxylic acids is 1. The molecule has 3 aromatic rings. The van der Waals surface area contributed by atoms with Crippen LogP contribution in [-0.4, -0.2) is 63.6 Å². The van der Waals surface area contributed by atoms with Gasteiger partial charge in [0.05, 0.1) is 16.9 Å². The van der Waals surface area contributed by atoms with Gasteiger partial charge in [-0.2, -0.15) is 5.10 Å². The average molecular weight is 482 g/mol. The molecule has 0 saturated carbocycles. The minimum absolute atomic E-state index is 0.128. The molecule has 0 atom stereocenters. The molecule has 2 aromatic heterocycles. The molecule has 34 heavy (non-hydrogen) atoms. The quantitative estimate of drug-likeness (QED) is 0.457. The van der Waals surface area contributed by atoms with Gasteiger partial charge in [0.2, 0.25) is 0 Å². The third kappa shape index (κ3) is 6.28. The van der Waals surface area contributed by atoms with E-state index in [9.17, 15) is 9.59 Å². The molecule has 0 spiro atoms. The van der Waals surface area contributed by atoms with Crippen molar-refractivity contribution >= 4 is 17.4 Å². The van der Waals surface area contributed by atoms with Crippen molar-refractivity contribution < 1.29 is 9.53 Å². The molecule has 1 fully saturated rings. The Balaban J connectivity index is 1.36. The van der Waals surface area contributed by atoms with Gasteiger partial charge in [-0.3, -0.25) is 19.5 Å². The second-order valence-electron chi connectivity index (χ2n) is 8.60. The summed E-state index contributed by atoms with van der Waals surface area (Å²) in [5.74, 6) is 0.159. The van der Waals surface area contributed by atoms with Crippen LogP contribution in [0.4, 0.5) is 0 Å². The van der Waals surface area contributed by atoms with Gasteiger partial charge in [-0.05, 0) is 37.2 Å². The van der Waals surface area contributed by atoms with E-state index < -0.39 is 5.56 Å². The molecule has 178 valence electrons. The number of halogens is 1. The van der Waals surface area contributed by atoms with E-state index >= 15 is 0 Å². The van der Waals surface area contributed by atoms with E-state index in [-0.39, 0.29) is 18.9 Å². The molecular weight excluding hydrogens is 454 g/mol. The van der Waals surface area contributed by atoms with Crippen LogP contribution in [0.1, 0.15) is 27.2 Å². The van der Waals surface area contributed by atoms with Gasteiger partial charge < -0.3 is 9.64 Å². The number of piperazine rings is 1. The maximum atomic E-state index is 12.9. The number of likely N-dealkylation sites (N-methyl/N-ethyl adjacent to an activating group) is 1. The van der Waals surface area contributed by atoms with Crippen LogP contribution in [0.5, 0.6) is 5.75 Å². The molecule has 0 amide bonds. The fraction of sp³-hybridized carbons (Fsp3) is 0.360. The van der Waals surface area contributed by atoms with E-state index in [0.717, 1.165) is 43.0 Å². The Labute approximate surface area is 203 Å². The monoisotopic (exact) mass is 481 g/mol. The molecule has 1 aromatic carbocycles. The molecule has 3 heterocycles. The van der Waals surface area contributed by atoms with E-state index in [1.54, 1.807) is 12.1 Å². The Morgan fingerprint density at radius 1 is 1.09 bits per heavy atom. The van der Waals surface area contributed by atoms with Crippen molar-refractivity contribution in [1.29, 1.82) is 0 Å². The van der Waals surface area contributed by atoms with Crippen LogP contribution < -0.4 is 10.3 Å². The molecule has 4 rings (SSSR count). The van der Waals surface area contributed by atoms with Crippen LogP contribution in [0.3, 0.4) is 0 Å². The van der Waals surface area contributed by atoms with Crippen molar-refractivity contribution in [3.05, 3.63) is 86.6 Å². The topological polar surface area (TPSA) is 80.6 Å². The van der Waals surface area contributed by atoms with E-state index in [2.05, 4.69) is 33.0 Å². The van der Waals surface area contributed by atoms with Crippen molar-refractivity contribution in [3.63, 3.8) is 0 Å². The first-order chi connectivity index (χ1) is 16.4. The summed E-state index contributed by atoms with van der Waals surface area (Å²) in [6, 6.07) is 10.7. The molecule has 0 unspecified atom stereocenters. The second-order valence-corrected chi connectivity index (χ2v) is 9.03. The maximum Gasteiger partial charge on any atom is 0.270 e. The third-order valence-corrected chi connectivity index (χ3v) is 6.13. The van der Waals surface area contributed by atoms with E-state index in [1.807, 2.05) is 19.1 Å². The van der Waals surface area contributed by atoms with Gasteiger partial charge in [0.25, 0.3) is 5.56 Å². The molecule has 1 saturated heterocycles. The van der Waals surface area contributed by atoms with Gasteiger partial charge in [-0.1, -0.05) is 29.8 Å². The zero-order valence-electron chi connectivity index (χ0n) is 19.4. The van der Waals surface area contributed by atoms with E-state index in [1.165, 1.54) is 24.0 Å². The molecule has 1 aliphatic heterocycles. The van der Waals surface area contributed by atoms with E-state index in [0.29, 0.717) is 22.0 Å². The summed E-state index contributed by atoms with van der Waals surface area (Å²) >= 11 is 5.83. The van der Waals surface area contributed by atoms with Crippen LogP contribution in [0.15, 0.2) is 53.6 Å². The Hall–Kier alpha value is -3.07. The summed E-state index contributed by atoms with van der Waals surface area (Å²) < 4.78 is 6.73. The average Bonchev–Trinajstić information content (AvgIpc) is 2.82. The number of Topliss-reactive ketones (excluding diaryl/α,β-unsaturated/α-hetero) is 1. The van der Waals surface area contributed by atoms with Gasteiger partial charge in [0, 0.05) is 50.6 Å². The molecule has 9 heteroatoms. The lowest BCUT2D eigenvalue weighted by atomic mass is 10.0. The highest BCUT2D eigenvalue weighted by Crippen LogP contribution is 2.16. The predicted molar refractivity (Wildman–Crippen MR) is 130 cm³/mol. The number of aryl methyl sites for hydroxylation is 1. The van der Waals surface area contributed by atoms with Crippen molar-refractivity contribution in [2.75, 3.05) is 33.2 Å². The minimum Gasteiger partial charge on any atom is -0.485 e. The summed E-state index contributed by atoms with van der Waals surface area (Å²) in [6.45, 7) is 7.08. The minimum atomic E-state index is -0.403. The van der Waals surface area contributed by atoms with Gasteiger partial charge in [-0.25, -0.2) is 4.68 Å². The summed E-state index contributed by atoms with van der Waals surface area (Å²) in [7, 11) is 2.14. The summed E-state index contributed by atoms with van der Waals surface area (Å²) in [6.07, 6.45) is 2.96. The zero-order valence-corrected chi connectivity index (χ0v) is 20.2. The Kier molecular flexibility index (Phi) is 7.72. The normalized spacial score (nSPS) is 14.8. The molecule has 1 aliphatic rings. The number of carbonyl (C=O) groups is 1. The van der Waals surface area contributed by atoms with Gasteiger partial charge in [0.1, 0.15) is 18.9 Å².